The molecule has 5 rings (SSSR count). The van der Waals surface area contributed by atoms with E-state index in [1.807, 2.05) is 37.3 Å². The molecule has 1 amide bonds. The van der Waals surface area contributed by atoms with Crippen molar-refractivity contribution in [3.05, 3.63) is 52.2 Å². The third-order valence-corrected chi connectivity index (χ3v) is 7.65. The zero-order chi connectivity index (χ0) is 23.3. The van der Waals surface area contributed by atoms with Gasteiger partial charge in [0.25, 0.3) is 5.91 Å². The van der Waals surface area contributed by atoms with Gasteiger partial charge in [-0.1, -0.05) is 12.1 Å². The summed E-state index contributed by atoms with van der Waals surface area (Å²) < 4.78 is 26.5. The average Bonchev–Trinajstić information content (AvgIpc) is 3.34. The number of thiophene rings is 1. The summed E-state index contributed by atoms with van der Waals surface area (Å²) in [7, 11) is 0. The second kappa shape index (κ2) is 8.58. The SMILES string of the molecule is Cc1ccc2cc(C(=O)N[C@H]3CCc4nc(N5C[C@@H](C(F)F)[C@H](N)C5N)ccc4C3)sc2n1. The Balaban J connectivity index is 1.27. The van der Waals surface area contributed by atoms with E-state index in [1.54, 1.807) is 4.90 Å². The van der Waals surface area contributed by atoms with Gasteiger partial charge in [-0.05, 0) is 49.9 Å². The van der Waals surface area contributed by atoms with Crippen LogP contribution in [0.3, 0.4) is 0 Å². The second-order valence-electron chi connectivity index (χ2n) is 8.86. The van der Waals surface area contributed by atoms with Gasteiger partial charge in [-0.3, -0.25) is 4.79 Å². The summed E-state index contributed by atoms with van der Waals surface area (Å²) in [5.41, 5.74) is 14.9. The number of fused-ring (bicyclic) bond motifs is 2. The van der Waals surface area contributed by atoms with Gasteiger partial charge < -0.3 is 21.7 Å². The van der Waals surface area contributed by atoms with E-state index < -0.39 is 24.6 Å². The van der Waals surface area contributed by atoms with Crippen LogP contribution in [0.2, 0.25) is 0 Å². The summed E-state index contributed by atoms with van der Waals surface area (Å²) in [6, 6.07) is 8.77. The number of rotatable bonds is 4. The van der Waals surface area contributed by atoms with Crippen molar-refractivity contribution >= 4 is 33.3 Å². The molecule has 1 fully saturated rings. The Morgan fingerprint density at radius 3 is 2.82 bits per heavy atom. The number of nitrogens with two attached hydrogens (primary N) is 2. The van der Waals surface area contributed by atoms with E-state index in [2.05, 4.69) is 10.3 Å². The fraction of sp³-hybridized carbons (Fsp3) is 0.435. The standard InChI is InChI=1S/C23H26F2N6OS/c1-11-2-3-13-9-17(33-23(13)28-11)22(32)29-14-5-6-16-12(8-14)4-7-18(30-16)31-10-15(20(24)25)19(26)21(31)27/h2-4,7,9,14-15,19-21H,5-6,8,10,26-27H2,1H3,(H,29,32)/t14-,15+,19-,21?/m0/s1. The van der Waals surface area contributed by atoms with Gasteiger partial charge in [-0.25, -0.2) is 18.7 Å². The van der Waals surface area contributed by atoms with Gasteiger partial charge in [-0.15, -0.1) is 11.3 Å². The van der Waals surface area contributed by atoms with Crippen molar-refractivity contribution in [3.63, 3.8) is 0 Å². The van der Waals surface area contributed by atoms with E-state index in [-0.39, 0.29) is 18.5 Å². The minimum Gasteiger partial charge on any atom is -0.348 e. The predicted molar refractivity (Wildman–Crippen MR) is 125 cm³/mol. The summed E-state index contributed by atoms with van der Waals surface area (Å²) in [5.74, 6) is -0.482. The fourth-order valence-corrected chi connectivity index (χ4v) is 5.67. The molecular weight excluding hydrogens is 446 g/mol. The molecule has 1 aliphatic carbocycles. The summed E-state index contributed by atoms with van der Waals surface area (Å²) in [6.45, 7) is 2.02. The van der Waals surface area contributed by atoms with E-state index in [0.717, 1.165) is 33.6 Å². The lowest BCUT2D eigenvalue weighted by molar-refractivity contribution is 0.0781. The summed E-state index contributed by atoms with van der Waals surface area (Å²) in [5, 5.41) is 4.11. The number of nitrogens with zero attached hydrogens (tertiary/aromatic N) is 3. The molecule has 174 valence electrons. The number of alkyl halides is 2. The average molecular weight is 473 g/mol. The van der Waals surface area contributed by atoms with Crippen LogP contribution in [0.25, 0.3) is 10.2 Å². The first kappa shape index (κ1) is 22.1. The van der Waals surface area contributed by atoms with E-state index in [4.69, 9.17) is 16.5 Å². The summed E-state index contributed by atoms with van der Waals surface area (Å²) in [6.07, 6.45) is -1.09. The summed E-state index contributed by atoms with van der Waals surface area (Å²) in [4.78, 5) is 25.2. The van der Waals surface area contributed by atoms with Crippen LogP contribution in [0, 0.1) is 12.8 Å². The Hall–Kier alpha value is -2.69. The largest absolute Gasteiger partial charge is 0.348 e. The molecule has 0 aromatic carbocycles. The molecule has 0 spiro atoms. The molecule has 0 radical (unpaired) electrons. The van der Waals surface area contributed by atoms with Gasteiger partial charge >= 0.3 is 0 Å². The Labute approximate surface area is 194 Å². The van der Waals surface area contributed by atoms with Crippen LogP contribution >= 0.6 is 11.3 Å². The Morgan fingerprint density at radius 2 is 2.06 bits per heavy atom. The second-order valence-corrected chi connectivity index (χ2v) is 9.90. The van der Waals surface area contributed by atoms with Crippen molar-refractivity contribution in [2.75, 3.05) is 11.4 Å². The van der Waals surface area contributed by atoms with Crippen molar-refractivity contribution < 1.29 is 13.6 Å². The van der Waals surface area contributed by atoms with Gasteiger partial charge in [-0.2, -0.15) is 0 Å². The first-order valence-corrected chi connectivity index (χ1v) is 11.8. The van der Waals surface area contributed by atoms with E-state index >= 15 is 0 Å². The van der Waals surface area contributed by atoms with Gasteiger partial charge in [0.15, 0.2) is 0 Å². The number of hydrogen-bond acceptors (Lipinski definition) is 7. The topological polar surface area (TPSA) is 110 Å². The van der Waals surface area contributed by atoms with Crippen molar-refractivity contribution in [3.8, 4) is 0 Å². The zero-order valence-corrected chi connectivity index (χ0v) is 19.0. The number of aryl methyl sites for hydroxylation is 2. The van der Waals surface area contributed by atoms with Gasteiger partial charge in [0.2, 0.25) is 6.43 Å². The molecular formula is C23H26F2N6OS. The highest BCUT2D eigenvalue weighted by Crippen LogP contribution is 2.31. The Bertz CT molecular complexity index is 1200. The van der Waals surface area contributed by atoms with Gasteiger partial charge in [0, 0.05) is 35.4 Å². The van der Waals surface area contributed by atoms with Crippen molar-refractivity contribution in [2.45, 2.75) is 50.9 Å². The number of nitrogens with one attached hydrogen (secondary N) is 1. The molecule has 7 nitrogen and oxygen atoms in total. The number of anilines is 1. The molecule has 0 saturated carbocycles. The smallest absolute Gasteiger partial charge is 0.261 e. The van der Waals surface area contributed by atoms with Gasteiger partial charge in [0.05, 0.1) is 17.0 Å². The maximum Gasteiger partial charge on any atom is 0.261 e. The van der Waals surface area contributed by atoms with E-state index in [1.165, 1.54) is 11.3 Å². The lowest BCUT2D eigenvalue weighted by Gasteiger charge is -2.28. The molecule has 3 aromatic rings. The van der Waals surface area contributed by atoms with Crippen LogP contribution < -0.4 is 21.7 Å². The molecule has 1 unspecified atom stereocenters. The minimum atomic E-state index is -2.52. The number of carbonyl (C=O) groups is 1. The molecule has 1 aliphatic heterocycles. The molecule has 4 heterocycles. The molecule has 10 heteroatoms. The number of pyridine rings is 2. The molecule has 5 N–H and O–H groups in total. The third-order valence-electron chi connectivity index (χ3n) is 6.60. The highest BCUT2D eigenvalue weighted by Gasteiger charge is 2.43. The van der Waals surface area contributed by atoms with Crippen LogP contribution in [0.15, 0.2) is 30.3 Å². The van der Waals surface area contributed by atoms with E-state index in [9.17, 15) is 13.6 Å². The number of halogens is 2. The van der Waals surface area contributed by atoms with Crippen molar-refractivity contribution in [1.82, 2.24) is 15.3 Å². The number of carbonyl (C=O) groups excluding carboxylic acids is 1. The van der Waals surface area contributed by atoms with Crippen molar-refractivity contribution in [1.29, 1.82) is 0 Å². The maximum absolute atomic E-state index is 13.3. The quantitative estimate of drug-likeness (QED) is 0.539. The minimum absolute atomic E-state index is 0.00300. The van der Waals surface area contributed by atoms with Crippen LogP contribution in [0.4, 0.5) is 14.6 Å². The lowest BCUT2D eigenvalue weighted by Crippen LogP contribution is -2.48. The Morgan fingerprint density at radius 1 is 1.24 bits per heavy atom. The monoisotopic (exact) mass is 472 g/mol. The normalized spacial score (nSPS) is 25.0. The van der Waals surface area contributed by atoms with Crippen LogP contribution in [0.1, 0.15) is 33.0 Å². The molecule has 2 aliphatic rings. The molecule has 1 saturated heterocycles. The summed E-state index contributed by atoms with van der Waals surface area (Å²) >= 11 is 1.40. The molecule has 33 heavy (non-hydrogen) atoms. The van der Waals surface area contributed by atoms with Crippen LogP contribution in [-0.2, 0) is 12.8 Å². The highest BCUT2D eigenvalue weighted by atomic mass is 32.1. The lowest BCUT2D eigenvalue weighted by atomic mass is 9.91. The number of aromatic nitrogens is 2. The fourth-order valence-electron chi connectivity index (χ4n) is 4.69. The molecule has 4 atom stereocenters. The van der Waals surface area contributed by atoms with Crippen LogP contribution in [0.5, 0.6) is 0 Å². The van der Waals surface area contributed by atoms with Gasteiger partial charge in [0.1, 0.15) is 10.6 Å². The zero-order valence-electron chi connectivity index (χ0n) is 18.2. The maximum atomic E-state index is 13.3. The number of amides is 1. The first-order chi connectivity index (χ1) is 15.8. The Kier molecular flexibility index (Phi) is 5.75. The first-order valence-electron chi connectivity index (χ1n) is 11.0. The predicted octanol–water partition coefficient (Wildman–Crippen LogP) is 2.60. The third kappa shape index (κ3) is 4.18. The van der Waals surface area contributed by atoms with E-state index in [0.29, 0.717) is 23.5 Å². The molecule has 0 bridgehead atoms. The number of hydrogen-bond donors (Lipinski definition) is 3. The van der Waals surface area contributed by atoms with Crippen LogP contribution in [-0.4, -0.2) is 47.1 Å². The molecule has 3 aromatic heterocycles. The van der Waals surface area contributed by atoms with Crippen molar-refractivity contribution in [2.24, 2.45) is 17.4 Å². The highest BCUT2D eigenvalue weighted by molar-refractivity contribution is 7.20.